The predicted octanol–water partition coefficient (Wildman–Crippen LogP) is 3.01. The fourth-order valence-electron chi connectivity index (χ4n) is 1.31. The van der Waals surface area contributed by atoms with Crippen molar-refractivity contribution in [2.24, 2.45) is 5.10 Å². The van der Waals surface area contributed by atoms with Crippen LogP contribution in [0.5, 0.6) is 0 Å². The van der Waals surface area contributed by atoms with Gasteiger partial charge in [-0.15, -0.1) is 0 Å². The number of aryl methyl sites for hydroxylation is 1. The Morgan fingerprint density at radius 2 is 1.79 bits per heavy atom. The first-order chi connectivity index (χ1) is 8.81. The smallest absolute Gasteiger partial charge is 0.200 e. The summed E-state index contributed by atoms with van der Waals surface area (Å²) in [6.07, 6.45) is 2.64. The van der Waals surface area contributed by atoms with Gasteiger partial charge in [0.05, 0.1) is 4.90 Å². The van der Waals surface area contributed by atoms with Crippen molar-refractivity contribution in [2.75, 3.05) is 0 Å². The molecule has 0 spiro atoms. The fourth-order valence-corrected chi connectivity index (χ4v) is 2.18. The molecule has 0 unspecified atom stereocenters. The van der Waals surface area contributed by atoms with E-state index in [1.807, 2.05) is 26.8 Å². The van der Waals surface area contributed by atoms with E-state index in [4.69, 9.17) is 0 Å². The van der Waals surface area contributed by atoms with Crippen molar-refractivity contribution in [3.63, 3.8) is 0 Å². The first kappa shape index (κ1) is 15.4. The second-order valence-corrected chi connectivity index (χ2v) is 6.40. The quantitative estimate of drug-likeness (QED) is 0.512. The summed E-state index contributed by atoms with van der Waals surface area (Å²) in [7, 11) is -3.57. The fraction of sp³-hybridized carbons (Fsp3) is 0.357. The summed E-state index contributed by atoms with van der Waals surface area (Å²) >= 11 is 0. The molecule has 0 saturated heterocycles. The Kier molecular flexibility index (Phi) is 5.30. The van der Waals surface area contributed by atoms with Crippen molar-refractivity contribution < 1.29 is 8.42 Å². The van der Waals surface area contributed by atoms with Gasteiger partial charge in [0.25, 0.3) is 10.0 Å². The summed E-state index contributed by atoms with van der Waals surface area (Å²) in [6.45, 7) is 7.68. The van der Waals surface area contributed by atoms with Gasteiger partial charge in [-0.3, -0.25) is 0 Å². The van der Waals surface area contributed by atoms with Crippen molar-refractivity contribution >= 4 is 15.7 Å². The first-order valence-electron chi connectivity index (χ1n) is 6.06. The molecular weight excluding hydrogens is 260 g/mol. The van der Waals surface area contributed by atoms with E-state index >= 15 is 0 Å². The van der Waals surface area contributed by atoms with E-state index in [-0.39, 0.29) is 4.90 Å². The monoisotopic (exact) mass is 280 g/mol. The Balaban J connectivity index is 2.78. The molecule has 0 aliphatic rings. The van der Waals surface area contributed by atoms with Crippen LogP contribution in [-0.2, 0) is 10.0 Å². The summed E-state index contributed by atoms with van der Waals surface area (Å²) in [5, 5.41) is 3.90. The van der Waals surface area contributed by atoms with Crippen molar-refractivity contribution in [3.05, 3.63) is 41.5 Å². The molecule has 1 N–H and O–H groups in total. The Labute approximate surface area is 115 Å². The highest BCUT2D eigenvalue weighted by molar-refractivity contribution is 7.89. The molecule has 0 fully saturated rings. The molecule has 104 valence electrons. The molecule has 0 saturated carbocycles. The zero-order valence-corrected chi connectivity index (χ0v) is 12.6. The molecule has 0 amide bonds. The Morgan fingerprint density at radius 1 is 1.21 bits per heavy atom. The second kappa shape index (κ2) is 6.52. The molecule has 0 radical (unpaired) electrons. The number of benzene rings is 1. The minimum absolute atomic E-state index is 0.219. The van der Waals surface area contributed by atoms with Gasteiger partial charge in [0.1, 0.15) is 0 Å². The highest BCUT2D eigenvalue weighted by Crippen LogP contribution is 2.09. The third-order valence-corrected chi connectivity index (χ3v) is 3.72. The van der Waals surface area contributed by atoms with Gasteiger partial charge in [-0.1, -0.05) is 29.3 Å². The molecule has 1 aromatic rings. The largest absolute Gasteiger partial charge is 0.276 e. The maximum absolute atomic E-state index is 12.0. The zero-order chi connectivity index (χ0) is 14.5. The van der Waals surface area contributed by atoms with Crippen LogP contribution in [0, 0.1) is 6.92 Å². The third-order valence-electron chi connectivity index (χ3n) is 2.49. The van der Waals surface area contributed by atoms with Crippen LogP contribution in [0.2, 0.25) is 0 Å². The van der Waals surface area contributed by atoms with Crippen molar-refractivity contribution in [2.45, 2.75) is 39.0 Å². The molecule has 1 aromatic carbocycles. The van der Waals surface area contributed by atoms with Gasteiger partial charge in [-0.25, -0.2) is 4.83 Å². The molecule has 0 aliphatic carbocycles. The van der Waals surface area contributed by atoms with Crippen LogP contribution in [0.15, 0.2) is 45.9 Å². The third kappa shape index (κ3) is 5.26. The number of hydrogen-bond acceptors (Lipinski definition) is 3. The molecule has 0 aromatic heterocycles. The van der Waals surface area contributed by atoms with Crippen LogP contribution in [0.4, 0.5) is 0 Å². The average molecular weight is 280 g/mol. The number of hydrogen-bond donors (Lipinski definition) is 1. The average Bonchev–Trinajstić information content (AvgIpc) is 2.34. The highest BCUT2D eigenvalue weighted by Gasteiger charge is 2.11. The van der Waals surface area contributed by atoms with Crippen LogP contribution in [0.3, 0.4) is 0 Å². The second-order valence-electron chi connectivity index (χ2n) is 4.74. The standard InChI is InChI=1S/C14H20N2O2S/c1-11(2)5-8-13(4)15-16-19(17,18)14-9-6-12(3)7-10-14/h5-7,9-10,16H,8H2,1-4H3/b15-13+. The topological polar surface area (TPSA) is 58.5 Å². The molecular formula is C14H20N2O2S. The summed E-state index contributed by atoms with van der Waals surface area (Å²) in [6, 6.07) is 6.65. The van der Waals surface area contributed by atoms with Crippen LogP contribution < -0.4 is 4.83 Å². The van der Waals surface area contributed by atoms with Gasteiger partial charge >= 0.3 is 0 Å². The van der Waals surface area contributed by atoms with E-state index in [1.165, 1.54) is 5.57 Å². The molecule has 4 nitrogen and oxygen atoms in total. The lowest BCUT2D eigenvalue weighted by Gasteiger charge is -2.05. The van der Waals surface area contributed by atoms with Crippen LogP contribution in [0.25, 0.3) is 0 Å². The summed E-state index contributed by atoms with van der Waals surface area (Å²) in [4.78, 5) is 2.47. The number of nitrogens with zero attached hydrogens (tertiary/aromatic N) is 1. The lowest BCUT2D eigenvalue weighted by atomic mass is 10.2. The van der Waals surface area contributed by atoms with Crippen LogP contribution in [-0.4, -0.2) is 14.1 Å². The van der Waals surface area contributed by atoms with Crippen LogP contribution in [0.1, 0.15) is 32.8 Å². The highest BCUT2D eigenvalue weighted by atomic mass is 32.2. The van der Waals surface area contributed by atoms with Crippen LogP contribution >= 0.6 is 0 Å². The van der Waals surface area contributed by atoms with E-state index in [9.17, 15) is 8.42 Å². The number of allylic oxidation sites excluding steroid dienone is 2. The maximum atomic E-state index is 12.0. The molecule has 0 aliphatic heterocycles. The van der Waals surface area contributed by atoms with Gasteiger partial charge in [-0.05, 0) is 39.8 Å². The minimum Gasteiger partial charge on any atom is -0.200 e. The minimum atomic E-state index is -3.57. The number of rotatable bonds is 5. The number of nitrogens with one attached hydrogen (secondary N) is 1. The van der Waals surface area contributed by atoms with E-state index in [2.05, 4.69) is 9.93 Å². The summed E-state index contributed by atoms with van der Waals surface area (Å²) < 4.78 is 23.9. The lowest BCUT2D eigenvalue weighted by Crippen LogP contribution is -2.19. The van der Waals surface area contributed by atoms with Gasteiger partial charge in [-0.2, -0.15) is 13.5 Å². The summed E-state index contributed by atoms with van der Waals surface area (Å²) in [5.74, 6) is 0. The Morgan fingerprint density at radius 3 is 2.32 bits per heavy atom. The molecule has 0 atom stereocenters. The SMILES string of the molecule is CC(C)=CC/C(C)=N/NS(=O)(=O)c1ccc(C)cc1. The number of hydrazone groups is 1. The predicted molar refractivity (Wildman–Crippen MR) is 78.7 cm³/mol. The van der Waals surface area contributed by atoms with Crippen molar-refractivity contribution in [1.29, 1.82) is 0 Å². The van der Waals surface area contributed by atoms with Crippen molar-refractivity contribution in [3.8, 4) is 0 Å². The van der Waals surface area contributed by atoms with E-state index in [1.54, 1.807) is 31.2 Å². The van der Waals surface area contributed by atoms with E-state index < -0.39 is 10.0 Å². The van der Waals surface area contributed by atoms with E-state index in [0.717, 1.165) is 11.3 Å². The molecule has 1 rings (SSSR count). The van der Waals surface area contributed by atoms with Gasteiger partial charge < -0.3 is 0 Å². The Bertz CT molecular complexity index is 580. The molecule has 19 heavy (non-hydrogen) atoms. The lowest BCUT2D eigenvalue weighted by molar-refractivity contribution is 0.584. The Hall–Kier alpha value is -1.62. The molecule has 5 heteroatoms. The molecule has 0 bridgehead atoms. The number of sulfonamides is 1. The normalized spacial score (nSPS) is 12.1. The summed E-state index contributed by atoms with van der Waals surface area (Å²) in [5.41, 5.74) is 2.91. The molecule has 0 heterocycles. The van der Waals surface area contributed by atoms with Crippen molar-refractivity contribution in [1.82, 2.24) is 4.83 Å². The van der Waals surface area contributed by atoms with Gasteiger partial charge in [0.15, 0.2) is 0 Å². The maximum Gasteiger partial charge on any atom is 0.276 e. The van der Waals surface area contributed by atoms with E-state index in [0.29, 0.717) is 6.42 Å². The zero-order valence-electron chi connectivity index (χ0n) is 11.8. The first-order valence-corrected chi connectivity index (χ1v) is 7.54. The van der Waals surface area contributed by atoms with Gasteiger partial charge in [0.2, 0.25) is 0 Å². The van der Waals surface area contributed by atoms with Gasteiger partial charge in [0, 0.05) is 12.1 Å².